The van der Waals surface area contributed by atoms with Crippen molar-refractivity contribution in [2.75, 3.05) is 6.61 Å². The molecule has 3 rings (SSSR count). The molecular formula is C21H25ClN2O3. The second kappa shape index (κ2) is 7.39. The molecule has 0 spiro atoms. The zero-order valence-corrected chi connectivity index (χ0v) is 16.6. The first-order valence-corrected chi connectivity index (χ1v) is 9.41. The lowest BCUT2D eigenvalue weighted by molar-refractivity contribution is 0.111. The van der Waals surface area contributed by atoms with Crippen LogP contribution in [-0.4, -0.2) is 28.8 Å². The van der Waals surface area contributed by atoms with Crippen molar-refractivity contribution in [2.24, 2.45) is 10.8 Å². The molecule has 0 bridgehead atoms. The molecule has 2 N–H and O–H groups in total. The van der Waals surface area contributed by atoms with Crippen LogP contribution in [0.1, 0.15) is 33.6 Å². The summed E-state index contributed by atoms with van der Waals surface area (Å²) < 4.78 is 6.05. The number of nitrogens with one attached hydrogen (secondary N) is 1. The van der Waals surface area contributed by atoms with Gasteiger partial charge in [0.05, 0.1) is 12.8 Å². The predicted molar refractivity (Wildman–Crippen MR) is 106 cm³/mol. The smallest absolute Gasteiger partial charge is 0.404 e. The zero-order valence-electron chi connectivity index (χ0n) is 15.8. The molecule has 1 fully saturated rings. The van der Waals surface area contributed by atoms with Crippen LogP contribution in [-0.2, 0) is 0 Å². The van der Waals surface area contributed by atoms with Gasteiger partial charge < -0.3 is 15.2 Å². The molecule has 1 aliphatic rings. The Morgan fingerprint density at radius 3 is 2.63 bits per heavy atom. The van der Waals surface area contributed by atoms with Crippen LogP contribution in [0.4, 0.5) is 4.79 Å². The lowest BCUT2D eigenvalue weighted by Crippen LogP contribution is -2.51. The van der Waals surface area contributed by atoms with Gasteiger partial charge in [-0.05, 0) is 42.0 Å². The van der Waals surface area contributed by atoms with Gasteiger partial charge in [-0.25, -0.2) is 4.79 Å². The number of benzene rings is 1. The van der Waals surface area contributed by atoms with E-state index < -0.39 is 6.09 Å². The summed E-state index contributed by atoms with van der Waals surface area (Å²) in [5.41, 5.74) is 1.53. The van der Waals surface area contributed by atoms with Crippen LogP contribution in [0.3, 0.4) is 0 Å². The summed E-state index contributed by atoms with van der Waals surface area (Å²) in [6.07, 6.45) is 4.34. The van der Waals surface area contributed by atoms with E-state index in [0.29, 0.717) is 17.4 Å². The van der Waals surface area contributed by atoms with Gasteiger partial charge in [0.25, 0.3) is 0 Å². The summed E-state index contributed by atoms with van der Waals surface area (Å²) in [6, 6.07) is 9.35. The molecule has 144 valence electrons. The number of carbonyl (C=O) groups is 1. The molecule has 5 nitrogen and oxygen atoms in total. The Balaban J connectivity index is 1.74. The summed E-state index contributed by atoms with van der Waals surface area (Å²) >= 11 is 6.08. The average molecular weight is 389 g/mol. The molecule has 1 saturated carbocycles. The molecule has 0 radical (unpaired) electrons. The normalized spacial score (nSPS) is 16.4. The highest BCUT2D eigenvalue weighted by Gasteiger charge is 2.54. The van der Waals surface area contributed by atoms with Crippen molar-refractivity contribution in [3.63, 3.8) is 0 Å². The SMILES string of the molecule is CC(C)(C)C(NC(=O)O)C1(COc2cncc(-c3cccc(Cl)c3)c2)CC1. The minimum absolute atomic E-state index is 0.174. The Bertz CT molecular complexity index is 828. The second-order valence-corrected chi connectivity index (χ2v) is 8.76. The number of rotatable bonds is 6. The fourth-order valence-corrected chi connectivity index (χ4v) is 3.83. The molecule has 1 aliphatic carbocycles. The number of hydrogen-bond donors (Lipinski definition) is 2. The van der Waals surface area contributed by atoms with Gasteiger partial charge in [-0.15, -0.1) is 0 Å². The molecule has 1 aromatic heterocycles. The van der Waals surface area contributed by atoms with Crippen LogP contribution < -0.4 is 10.1 Å². The molecule has 6 heteroatoms. The summed E-state index contributed by atoms with van der Waals surface area (Å²) in [7, 11) is 0. The highest BCUT2D eigenvalue weighted by atomic mass is 35.5. The Labute approximate surface area is 164 Å². The Hall–Kier alpha value is -2.27. The zero-order chi connectivity index (χ0) is 19.7. The molecule has 1 aromatic carbocycles. The number of pyridine rings is 1. The highest BCUT2D eigenvalue weighted by molar-refractivity contribution is 6.30. The first kappa shape index (κ1) is 19.5. The lowest BCUT2D eigenvalue weighted by Gasteiger charge is -2.37. The van der Waals surface area contributed by atoms with Gasteiger partial charge in [-0.2, -0.15) is 0 Å². The third-order valence-electron chi connectivity index (χ3n) is 5.04. The van der Waals surface area contributed by atoms with E-state index in [0.717, 1.165) is 24.0 Å². The van der Waals surface area contributed by atoms with E-state index in [1.165, 1.54) is 0 Å². The number of halogens is 1. The van der Waals surface area contributed by atoms with Crippen LogP contribution in [0.2, 0.25) is 5.02 Å². The summed E-state index contributed by atoms with van der Waals surface area (Å²) in [6.45, 7) is 6.61. The molecule has 1 atom stereocenters. The van der Waals surface area contributed by atoms with E-state index >= 15 is 0 Å². The second-order valence-electron chi connectivity index (χ2n) is 8.32. The van der Waals surface area contributed by atoms with Crippen LogP contribution in [0.5, 0.6) is 5.75 Å². The number of ether oxygens (including phenoxy) is 1. The van der Waals surface area contributed by atoms with Crippen LogP contribution in [0.15, 0.2) is 42.7 Å². The molecule has 27 heavy (non-hydrogen) atoms. The minimum atomic E-state index is -0.995. The number of nitrogens with zero attached hydrogens (tertiary/aromatic N) is 1. The van der Waals surface area contributed by atoms with Crippen molar-refractivity contribution < 1.29 is 14.6 Å². The maximum atomic E-state index is 11.3. The minimum Gasteiger partial charge on any atom is -0.491 e. The van der Waals surface area contributed by atoms with Crippen LogP contribution >= 0.6 is 11.6 Å². The van der Waals surface area contributed by atoms with E-state index in [1.807, 2.05) is 30.3 Å². The molecule has 1 amide bonds. The highest BCUT2D eigenvalue weighted by Crippen LogP contribution is 2.53. The third-order valence-corrected chi connectivity index (χ3v) is 5.27. The maximum Gasteiger partial charge on any atom is 0.404 e. The van der Waals surface area contributed by atoms with E-state index in [-0.39, 0.29) is 16.9 Å². The number of hydrogen-bond acceptors (Lipinski definition) is 3. The quantitative estimate of drug-likeness (QED) is 0.709. The van der Waals surface area contributed by atoms with Crippen molar-refractivity contribution in [2.45, 2.75) is 39.7 Å². The summed E-state index contributed by atoms with van der Waals surface area (Å²) in [5.74, 6) is 0.668. The van der Waals surface area contributed by atoms with Crippen LogP contribution in [0.25, 0.3) is 11.1 Å². The molecule has 2 aromatic rings. The van der Waals surface area contributed by atoms with Crippen molar-refractivity contribution >= 4 is 17.7 Å². The van der Waals surface area contributed by atoms with E-state index in [2.05, 4.69) is 31.1 Å². The van der Waals surface area contributed by atoms with Gasteiger partial charge >= 0.3 is 6.09 Å². The van der Waals surface area contributed by atoms with E-state index in [9.17, 15) is 9.90 Å². The fraction of sp³-hybridized carbons (Fsp3) is 0.429. The molecule has 0 saturated heterocycles. The van der Waals surface area contributed by atoms with E-state index in [4.69, 9.17) is 16.3 Å². The van der Waals surface area contributed by atoms with Crippen molar-refractivity contribution in [3.8, 4) is 16.9 Å². The topological polar surface area (TPSA) is 71.5 Å². The summed E-state index contributed by atoms with van der Waals surface area (Å²) in [4.78, 5) is 15.5. The number of carboxylic acid groups (broad SMARTS) is 1. The van der Waals surface area contributed by atoms with Crippen LogP contribution in [0, 0.1) is 10.8 Å². The van der Waals surface area contributed by atoms with Gasteiger partial charge in [0.2, 0.25) is 0 Å². The van der Waals surface area contributed by atoms with Gasteiger partial charge in [-0.1, -0.05) is 44.5 Å². The van der Waals surface area contributed by atoms with Crippen molar-refractivity contribution in [1.29, 1.82) is 0 Å². The number of aromatic nitrogens is 1. The standard InChI is InChI=1S/C21H25ClN2O3/c1-20(2,3)18(24-19(25)26)21(7-8-21)13-27-17-10-15(11-23-12-17)14-5-4-6-16(22)9-14/h4-6,9-12,18,24H,7-8,13H2,1-3H3,(H,25,26). The summed E-state index contributed by atoms with van der Waals surface area (Å²) in [5, 5.41) is 12.6. The fourth-order valence-electron chi connectivity index (χ4n) is 3.64. The third kappa shape index (κ3) is 4.72. The van der Waals surface area contributed by atoms with Gasteiger partial charge in [0.15, 0.2) is 0 Å². The monoisotopic (exact) mass is 388 g/mol. The first-order valence-electron chi connectivity index (χ1n) is 9.03. The molecule has 1 heterocycles. The Morgan fingerprint density at radius 1 is 1.30 bits per heavy atom. The number of amides is 1. The largest absolute Gasteiger partial charge is 0.491 e. The van der Waals surface area contributed by atoms with Gasteiger partial charge in [0, 0.05) is 28.2 Å². The first-order chi connectivity index (χ1) is 12.7. The van der Waals surface area contributed by atoms with E-state index in [1.54, 1.807) is 12.4 Å². The molecular weight excluding hydrogens is 364 g/mol. The molecule has 0 aliphatic heterocycles. The average Bonchev–Trinajstić information content (AvgIpc) is 3.38. The maximum absolute atomic E-state index is 11.3. The molecule has 1 unspecified atom stereocenters. The predicted octanol–water partition coefficient (Wildman–Crippen LogP) is 5.24. The lowest BCUT2D eigenvalue weighted by atomic mass is 9.77. The Kier molecular flexibility index (Phi) is 5.33. The van der Waals surface area contributed by atoms with Gasteiger partial charge in [-0.3, -0.25) is 4.98 Å². The van der Waals surface area contributed by atoms with Crippen molar-refractivity contribution in [3.05, 3.63) is 47.7 Å². The van der Waals surface area contributed by atoms with Gasteiger partial charge in [0.1, 0.15) is 5.75 Å². The Morgan fingerprint density at radius 2 is 2.04 bits per heavy atom. The van der Waals surface area contributed by atoms with Crippen molar-refractivity contribution in [1.82, 2.24) is 10.3 Å².